The Kier molecular flexibility index (Phi) is 7.28. The van der Waals surface area contributed by atoms with Crippen molar-refractivity contribution in [3.63, 3.8) is 0 Å². The number of imidazole rings is 1. The SMILES string of the molecule is CS(=O)(=O)NCc1cc(F)cc(-c2cccc3[nH]c(-c4n[nH]c5cnc(-c6cncc(OCc7ccccc7)c6)cc45)nc23)c1. The number of pyridine rings is 2. The molecule has 0 aliphatic rings. The molecule has 7 rings (SSSR count). The highest BCUT2D eigenvalue weighted by Gasteiger charge is 2.17. The molecule has 0 bridgehead atoms. The van der Waals surface area contributed by atoms with Gasteiger partial charge in [-0.05, 0) is 53.1 Å². The van der Waals surface area contributed by atoms with Crippen LogP contribution in [0.2, 0.25) is 0 Å². The van der Waals surface area contributed by atoms with Crippen LogP contribution in [0, 0.1) is 5.82 Å². The third kappa shape index (κ3) is 6.14. The monoisotopic (exact) mass is 619 g/mol. The molecule has 224 valence electrons. The summed E-state index contributed by atoms with van der Waals surface area (Å²) < 4.78 is 46.2. The zero-order valence-electron chi connectivity index (χ0n) is 24.0. The van der Waals surface area contributed by atoms with Crippen LogP contribution in [0.15, 0.2) is 97.5 Å². The molecule has 45 heavy (non-hydrogen) atoms. The van der Waals surface area contributed by atoms with E-state index in [0.29, 0.717) is 51.8 Å². The fourth-order valence-corrected chi connectivity index (χ4v) is 5.56. The maximum atomic E-state index is 14.6. The lowest BCUT2D eigenvalue weighted by Gasteiger charge is -2.08. The normalized spacial score (nSPS) is 11.8. The number of para-hydroxylation sites is 1. The molecule has 4 heterocycles. The molecule has 0 unspecified atom stereocenters. The summed E-state index contributed by atoms with van der Waals surface area (Å²) in [7, 11) is -3.44. The molecule has 0 saturated heterocycles. The highest BCUT2D eigenvalue weighted by atomic mass is 32.2. The number of fused-ring (bicyclic) bond motifs is 2. The van der Waals surface area contributed by atoms with Gasteiger partial charge in [-0.2, -0.15) is 5.10 Å². The number of aromatic nitrogens is 6. The van der Waals surface area contributed by atoms with Gasteiger partial charge in [0.15, 0.2) is 5.82 Å². The summed E-state index contributed by atoms with van der Waals surface area (Å²) >= 11 is 0. The largest absolute Gasteiger partial charge is 0.487 e. The Morgan fingerprint density at radius 1 is 0.889 bits per heavy atom. The first-order valence-electron chi connectivity index (χ1n) is 14.0. The van der Waals surface area contributed by atoms with Gasteiger partial charge in [-0.1, -0.05) is 42.5 Å². The van der Waals surface area contributed by atoms with Crippen LogP contribution in [0.25, 0.3) is 55.8 Å². The fraction of sp³-hybridized carbons (Fsp3) is 0.0909. The van der Waals surface area contributed by atoms with Gasteiger partial charge in [0.05, 0.1) is 40.9 Å². The second kappa shape index (κ2) is 11.6. The number of sulfonamides is 1. The van der Waals surface area contributed by atoms with E-state index in [2.05, 4.69) is 29.9 Å². The van der Waals surface area contributed by atoms with Gasteiger partial charge < -0.3 is 9.72 Å². The Morgan fingerprint density at radius 2 is 1.76 bits per heavy atom. The lowest BCUT2D eigenvalue weighted by Crippen LogP contribution is -2.21. The summed E-state index contributed by atoms with van der Waals surface area (Å²) in [6.45, 7) is 0.394. The molecule has 0 saturated carbocycles. The van der Waals surface area contributed by atoms with E-state index in [1.165, 1.54) is 12.1 Å². The number of hydrogen-bond acceptors (Lipinski definition) is 7. The maximum absolute atomic E-state index is 14.6. The minimum Gasteiger partial charge on any atom is -0.487 e. The van der Waals surface area contributed by atoms with E-state index in [4.69, 9.17) is 9.72 Å². The first-order chi connectivity index (χ1) is 21.8. The number of nitrogens with zero attached hydrogens (tertiary/aromatic N) is 4. The Morgan fingerprint density at radius 3 is 2.60 bits per heavy atom. The molecule has 4 aromatic heterocycles. The number of hydrogen-bond donors (Lipinski definition) is 3. The molecule has 3 N–H and O–H groups in total. The fourth-order valence-electron chi connectivity index (χ4n) is 5.13. The van der Waals surface area contributed by atoms with Gasteiger partial charge in [-0.15, -0.1) is 0 Å². The highest BCUT2D eigenvalue weighted by molar-refractivity contribution is 7.88. The van der Waals surface area contributed by atoms with Crippen molar-refractivity contribution in [1.82, 2.24) is 34.9 Å². The quantitative estimate of drug-likeness (QED) is 0.180. The van der Waals surface area contributed by atoms with Crippen molar-refractivity contribution in [2.24, 2.45) is 0 Å². The van der Waals surface area contributed by atoms with Crippen molar-refractivity contribution in [3.8, 4) is 39.7 Å². The highest BCUT2D eigenvalue weighted by Crippen LogP contribution is 2.33. The maximum Gasteiger partial charge on any atom is 0.209 e. The van der Waals surface area contributed by atoms with Gasteiger partial charge in [0.25, 0.3) is 0 Å². The molecule has 10 nitrogen and oxygen atoms in total. The Balaban J connectivity index is 1.22. The number of rotatable bonds is 9. The Bertz CT molecular complexity index is 2290. The second-order valence-corrected chi connectivity index (χ2v) is 12.4. The number of benzene rings is 3. The topological polar surface area (TPSA) is 139 Å². The number of ether oxygens (including phenoxy) is 1. The molecule has 3 aromatic carbocycles. The summed E-state index contributed by atoms with van der Waals surface area (Å²) in [6.07, 6.45) is 6.18. The summed E-state index contributed by atoms with van der Waals surface area (Å²) in [5, 5.41) is 8.36. The van der Waals surface area contributed by atoms with Crippen LogP contribution in [-0.4, -0.2) is 44.8 Å². The lowest BCUT2D eigenvalue weighted by molar-refractivity contribution is 0.305. The van der Waals surface area contributed by atoms with Crippen LogP contribution in [0.5, 0.6) is 5.75 Å². The predicted octanol–water partition coefficient (Wildman–Crippen LogP) is 6.00. The third-order valence-corrected chi connectivity index (χ3v) is 7.92. The third-order valence-electron chi connectivity index (χ3n) is 7.25. The van der Waals surface area contributed by atoms with Crippen LogP contribution in [0.3, 0.4) is 0 Å². The molecule has 7 aromatic rings. The molecule has 12 heteroatoms. The van der Waals surface area contributed by atoms with E-state index in [1.807, 2.05) is 60.7 Å². The van der Waals surface area contributed by atoms with Gasteiger partial charge in [-0.3, -0.25) is 15.1 Å². The summed E-state index contributed by atoms with van der Waals surface area (Å²) in [5.41, 5.74) is 6.97. The van der Waals surface area contributed by atoms with Crippen molar-refractivity contribution in [2.75, 3.05) is 6.26 Å². The molecule has 0 fully saturated rings. The van der Waals surface area contributed by atoms with Gasteiger partial charge in [0.2, 0.25) is 10.0 Å². The van der Waals surface area contributed by atoms with Gasteiger partial charge in [0.1, 0.15) is 23.9 Å². The van der Waals surface area contributed by atoms with Crippen LogP contribution in [0.4, 0.5) is 4.39 Å². The van der Waals surface area contributed by atoms with Crippen LogP contribution < -0.4 is 9.46 Å². The number of nitrogens with one attached hydrogen (secondary N) is 3. The van der Waals surface area contributed by atoms with Crippen LogP contribution in [-0.2, 0) is 23.2 Å². The molecular formula is C33H26FN7O3S. The van der Waals surface area contributed by atoms with Crippen LogP contribution in [0.1, 0.15) is 11.1 Å². The summed E-state index contributed by atoms with van der Waals surface area (Å²) in [6, 6.07) is 23.8. The zero-order chi connectivity index (χ0) is 31.0. The Hall–Kier alpha value is -5.46. The van der Waals surface area contributed by atoms with Crippen molar-refractivity contribution in [3.05, 3.63) is 114 Å². The van der Waals surface area contributed by atoms with Crippen LogP contribution >= 0.6 is 0 Å². The van der Waals surface area contributed by atoms with E-state index >= 15 is 0 Å². The van der Waals surface area contributed by atoms with Gasteiger partial charge >= 0.3 is 0 Å². The Labute approximate surface area is 257 Å². The first-order valence-corrected chi connectivity index (χ1v) is 15.9. The predicted molar refractivity (Wildman–Crippen MR) is 170 cm³/mol. The smallest absolute Gasteiger partial charge is 0.209 e. The molecule has 0 spiro atoms. The zero-order valence-corrected chi connectivity index (χ0v) is 24.8. The van der Waals surface area contributed by atoms with Crippen molar-refractivity contribution in [1.29, 1.82) is 0 Å². The van der Waals surface area contributed by atoms with Crippen molar-refractivity contribution >= 4 is 32.0 Å². The number of halogens is 1. The van der Waals surface area contributed by atoms with E-state index in [0.717, 1.165) is 33.8 Å². The van der Waals surface area contributed by atoms with Crippen molar-refractivity contribution < 1.29 is 17.5 Å². The van der Waals surface area contributed by atoms with Crippen molar-refractivity contribution in [2.45, 2.75) is 13.2 Å². The average molecular weight is 620 g/mol. The van der Waals surface area contributed by atoms with Gasteiger partial charge in [-0.25, -0.2) is 22.5 Å². The van der Waals surface area contributed by atoms with E-state index in [9.17, 15) is 12.8 Å². The number of aromatic amines is 2. The van der Waals surface area contributed by atoms with E-state index < -0.39 is 15.8 Å². The first kappa shape index (κ1) is 28.3. The average Bonchev–Trinajstić information content (AvgIpc) is 3.67. The minimum absolute atomic E-state index is 0.0292. The lowest BCUT2D eigenvalue weighted by atomic mass is 10.0. The molecule has 0 aliphatic carbocycles. The number of H-pyrrole nitrogens is 2. The molecule has 0 aliphatic heterocycles. The molecular weight excluding hydrogens is 593 g/mol. The summed E-state index contributed by atoms with van der Waals surface area (Å²) in [4.78, 5) is 17.2. The molecule has 0 amide bonds. The molecule has 0 radical (unpaired) electrons. The van der Waals surface area contributed by atoms with Gasteiger partial charge in [0, 0.05) is 29.3 Å². The minimum atomic E-state index is -3.44. The molecule has 0 atom stereocenters. The standard InChI is InChI=1S/C33H26FN7O3S/c1-45(42,43)37-15-21-10-22(12-24(34)11-21)26-8-5-9-28-31(26)39-33(38-28)32-27-14-29(36-18-30(27)40-41-32)23-13-25(17-35-16-23)44-19-20-6-3-2-4-7-20/h2-14,16-18,37H,15,19H2,1H3,(H,38,39)(H,40,41). The summed E-state index contributed by atoms with van der Waals surface area (Å²) in [5.74, 6) is 0.672. The van der Waals surface area contributed by atoms with E-state index in [1.54, 1.807) is 24.7 Å². The second-order valence-electron chi connectivity index (χ2n) is 10.6. The van der Waals surface area contributed by atoms with E-state index in [-0.39, 0.29) is 6.54 Å².